The molecule has 0 amide bonds. The van der Waals surface area contributed by atoms with Gasteiger partial charge in [0.25, 0.3) is 0 Å². The van der Waals surface area contributed by atoms with Crippen molar-refractivity contribution in [3.63, 3.8) is 0 Å². The van der Waals surface area contributed by atoms with Crippen LogP contribution in [0.5, 0.6) is 0 Å². The van der Waals surface area contributed by atoms with Gasteiger partial charge in [-0.1, -0.05) is 27.2 Å². The van der Waals surface area contributed by atoms with E-state index in [9.17, 15) is 4.79 Å². The molecule has 0 bridgehead atoms. The molecule has 0 heterocycles. The Kier molecular flexibility index (Phi) is 5.38. The Balaban J connectivity index is 3.94. The van der Waals surface area contributed by atoms with Crippen LogP contribution in [0.15, 0.2) is 0 Å². The minimum Gasteiger partial charge on any atom is -0.464 e. The van der Waals surface area contributed by atoms with Crippen molar-refractivity contribution < 1.29 is 9.53 Å². The minimum absolute atomic E-state index is 0.301. The Morgan fingerprint density at radius 1 is 1.54 bits per heavy atom. The van der Waals surface area contributed by atoms with Gasteiger partial charge in [-0.05, 0) is 19.3 Å². The van der Waals surface area contributed by atoms with Crippen LogP contribution >= 0.6 is 11.6 Å². The zero-order valence-corrected chi connectivity index (χ0v) is 9.65. The molecule has 3 heteroatoms. The van der Waals surface area contributed by atoms with Crippen molar-refractivity contribution in [1.82, 2.24) is 0 Å². The quantitative estimate of drug-likeness (QED) is 0.511. The lowest BCUT2D eigenvalue weighted by atomic mass is 10.1. The second kappa shape index (κ2) is 5.48. The summed E-state index contributed by atoms with van der Waals surface area (Å²) in [6.45, 7) is 8.15. The van der Waals surface area contributed by atoms with Gasteiger partial charge >= 0.3 is 5.97 Å². The van der Waals surface area contributed by atoms with E-state index in [1.165, 1.54) is 0 Å². The first-order valence-corrected chi connectivity index (χ1v) is 5.14. The number of halogens is 1. The molecule has 1 atom stereocenters. The van der Waals surface area contributed by atoms with Crippen LogP contribution in [-0.4, -0.2) is 17.5 Å². The SMILES string of the molecule is CCCC(C)(Cl)C(=O)OCC(C)C. The fraction of sp³-hybridized carbons (Fsp3) is 0.900. The van der Waals surface area contributed by atoms with E-state index in [0.29, 0.717) is 18.9 Å². The average Bonchev–Trinajstić information content (AvgIpc) is 1.99. The van der Waals surface area contributed by atoms with Crippen LogP contribution in [0.1, 0.15) is 40.5 Å². The van der Waals surface area contributed by atoms with Gasteiger partial charge in [0.05, 0.1) is 6.61 Å². The summed E-state index contributed by atoms with van der Waals surface area (Å²) in [5, 5.41) is 0. The molecule has 13 heavy (non-hydrogen) atoms. The summed E-state index contributed by atoms with van der Waals surface area (Å²) in [7, 11) is 0. The maximum absolute atomic E-state index is 11.4. The fourth-order valence-electron chi connectivity index (χ4n) is 0.964. The number of hydrogen-bond donors (Lipinski definition) is 0. The fourth-order valence-corrected chi connectivity index (χ4v) is 1.21. The van der Waals surface area contributed by atoms with Crippen molar-refractivity contribution in [3.8, 4) is 0 Å². The first kappa shape index (κ1) is 12.8. The third-order valence-corrected chi connectivity index (χ3v) is 2.04. The van der Waals surface area contributed by atoms with Gasteiger partial charge in [0.2, 0.25) is 0 Å². The predicted molar refractivity (Wildman–Crippen MR) is 55.0 cm³/mol. The highest BCUT2D eigenvalue weighted by Crippen LogP contribution is 2.22. The Hall–Kier alpha value is -0.240. The number of hydrogen-bond acceptors (Lipinski definition) is 2. The largest absolute Gasteiger partial charge is 0.464 e. The number of carbonyl (C=O) groups excluding carboxylic acids is 1. The zero-order valence-electron chi connectivity index (χ0n) is 8.89. The highest BCUT2D eigenvalue weighted by atomic mass is 35.5. The van der Waals surface area contributed by atoms with Crippen molar-refractivity contribution in [3.05, 3.63) is 0 Å². The molecule has 78 valence electrons. The molecule has 0 fully saturated rings. The van der Waals surface area contributed by atoms with Crippen molar-refractivity contribution in [1.29, 1.82) is 0 Å². The lowest BCUT2D eigenvalue weighted by molar-refractivity contribution is -0.147. The maximum Gasteiger partial charge on any atom is 0.326 e. The summed E-state index contributed by atoms with van der Waals surface area (Å²) in [5.41, 5.74) is 0. The van der Waals surface area contributed by atoms with E-state index in [-0.39, 0.29) is 5.97 Å². The van der Waals surface area contributed by atoms with Gasteiger partial charge in [-0.15, -0.1) is 11.6 Å². The number of carbonyl (C=O) groups is 1. The van der Waals surface area contributed by atoms with Gasteiger partial charge in [0, 0.05) is 0 Å². The number of alkyl halides is 1. The molecule has 2 nitrogen and oxygen atoms in total. The van der Waals surface area contributed by atoms with Crippen LogP contribution in [0.3, 0.4) is 0 Å². The Morgan fingerprint density at radius 2 is 2.08 bits per heavy atom. The average molecular weight is 207 g/mol. The van der Waals surface area contributed by atoms with Crippen molar-refractivity contribution in [2.45, 2.75) is 45.4 Å². The molecule has 0 aliphatic rings. The highest BCUT2D eigenvalue weighted by Gasteiger charge is 2.31. The predicted octanol–water partition coefficient (Wildman–Crippen LogP) is 2.98. The van der Waals surface area contributed by atoms with Crippen LogP contribution in [0.2, 0.25) is 0 Å². The normalized spacial score (nSPS) is 15.5. The molecule has 0 aromatic rings. The molecule has 0 rings (SSSR count). The van der Waals surface area contributed by atoms with Crippen LogP contribution in [0.25, 0.3) is 0 Å². The first-order valence-electron chi connectivity index (χ1n) is 4.76. The summed E-state index contributed by atoms with van der Waals surface area (Å²) >= 11 is 6.00. The molecule has 0 aromatic carbocycles. The Bertz CT molecular complexity index is 164. The standard InChI is InChI=1S/C10H19ClO2/c1-5-6-10(4,11)9(12)13-7-8(2)3/h8H,5-7H2,1-4H3. The van der Waals surface area contributed by atoms with Crippen molar-refractivity contribution in [2.24, 2.45) is 5.92 Å². The zero-order chi connectivity index (χ0) is 10.5. The Labute approximate surface area is 85.6 Å². The van der Waals surface area contributed by atoms with Crippen LogP contribution in [0.4, 0.5) is 0 Å². The van der Waals surface area contributed by atoms with Crippen LogP contribution in [-0.2, 0) is 9.53 Å². The molecular weight excluding hydrogens is 188 g/mol. The molecule has 0 aliphatic heterocycles. The number of rotatable bonds is 5. The minimum atomic E-state index is -0.844. The van der Waals surface area contributed by atoms with E-state index in [4.69, 9.17) is 16.3 Å². The molecule has 0 radical (unpaired) electrons. The monoisotopic (exact) mass is 206 g/mol. The summed E-state index contributed by atoms with van der Waals surface area (Å²) in [6.07, 6.45) is 1.54. The third kappa shape index (κ3) is 5.14. The van der Waals surface area contributed by atoms with E-state index in [1.54, 1.807) is 6.92 Å². The van der Waals surface area contributed by atoms with Crippen LogP contribution in [0, 0.1) is 5.92 Å². The van der Waals surface area contributed by atoms with Gasteiger partial charge in [-0.3, -0.25) is 4.79 Å². The van der Waals surface area contributed by atoms with E-state index >= 15 is 0 Å². The molecule has 0 saturated carbocycles. The molecule has 1 unspecified atom stereocenters. The summed E-state index contributed by atoms with van der Waals surface area (Å²) in [5.74, 6) is 0.0581. The molecule has 0 spiro atoms. The first-order chi connectivity index (χ1) is 5.90. The van der Waals surface area contributed by atoms with E-state index in [0.717, 1.165) is 6.42 Å². The molecule has 0 aromatic heterocycles. The smallest absolute Gasteiger partial charge is 0.326 e. The van der Waals surface area contributed by atoms with E-state index < -0.39 is 4.87 Å². The second-order valence-electron chi connectivity index (χ2n) is 3.94. The second-order valence-corrected chi connectivity index (χ2v) is 4.77. The molecule has 0 saturated heterocycles. The van der Waals surface area contributed by atoms with E-state index in [1.807, 2.05) is 20.8 Å². The number of ether oxygens (including phenoxy) is 1. The number of esters is 1. The van der Waals surface area contributed by atoms with Gasteiger partial charge < -0.3 is 4.74 Å². The molecule has 0 N–H and O–H groups in total. The molecule has 0 aliphatic carbocycles. The maximum atomic E-state index is 11.4. The van der Waals surface area contributed by atoms with Gasteiger partial charge in [-0.25, -0.2) is 0 Å². The third-order valence-electron chi connectivity index (χ3n) is 1.69. The van der Waals surface area contributed by atoms with E-state index in [2.05, 4.69) is 0 Å². The van der Waals surface area contributed by atoms with Gasteiger partial charge in [0.1, 0.15) is 4.87 Å². The topological polar surface area (TPSA) is 26.3 Å². The van der Waals surface area contributed by atoms with Gasteiger partial charge in [0.15, 0.2) is 0 Å². The highest BCUT2D eigenvalue weighted by molar-refractivity contribution is 6.33. The lowest BCUT2D eigenvalue weighted by Gasteiger charge is -2.19. The lowest BCUT2D eigenvalue weighted by Crippen LogP contribution is -2.31. The van der Waals surface area contributed by atoms with Gasteiger partial charge in [-0.2, -0.15) is 0 Å². The summed E-state index contributed by atoms with van der Waals surface area (Å²) in [4.78, 5) is 10.6. The molecular formula is C10H19ClO2. The van der Waals surface area contributed by atoms with Crippen molar-refractivity contribution in [2.75, 3.05) is 6.61 Å². The van der Waals surface area contributed by atoms with Crippen LogP contribution < -0.4 is 0 Å². The Morgan fingerprint density at radius 3 is 2.46 bits per heavy atom. The summed E-state index contributed by atoms with van der Waals surface area (Å²) in [6, 6.07) is 0. The summed E-state index contributed by atoms with van der Waals surface area (Å²) < 4.78 is 5.05. The van der Waals surface area contributed by atoms with Crippen molar-refractivity contribution >= 4 is 17.6 Å².